The third-order valence-electron chi connectivity index (χ3n) is 5.69. The third kappa shape index (κ3) is 3.65. The molecule has 2 heterocycles. The van der Waals surface area contributed by atoms with Gasteiger partial charge in [0.1, 0.15) is 11.9 Å². The molecule has 1 aromatic rings. The molecule has 2 fully saturated rings. The van der Waals surface area contributed by atoms with Crippen LogP contribution in [0.5, 0.6) is 5.75 Å². The maximum absolute atomic E-state index is 6.02. The Hall–Kier alpha value is -0.980. The number of rotatable bonds is 2. The largest absolute Gasteiger partial charge is 0.488 e. The molecule has 0 spiro atoms. The Balaban J connectivity index is 0.00000169. The summed E-state index contributed by atoms with van der Waals surface area (Å²) in [6.07, 6.45) is 6.84. The first-order valence-electron chi connectivity index (χ1n) is 9.03. The van der Waals surface area contributed by atoms with Crippen molar-refractivity contribution in [3.63, 3.8) is 0 Å². The lowest BCUT2D eigenvalue weighted by atomic mass is 9.82. The van der Waals surface area contributed by atoms with Gasteiger partial charge >= 0.3 is 0 Å². The maximum Gasteiger partial charge on any atom is 0.193 e. The van der Waals surface area contributed by atoms with Crippen LogP contribution in [0.25, 0.3) is 0 Å². The standard InChI is InChI=1S/C19H27N3O.HI/c1-20-19(22-12-15-7-2-3-8-16(15)13-22)21-11-17-10-14-6-4-5-9-18(14)23-17;/h4-6,9,15-17H,2-3,7-8,10-13H2,1H3,(H,20,21);1H. The number of para-hydroxylation sites is 1. The van der Waals surface area contributed by atoms with Crippen LogP contribution >= 0.6 is 24.0 Å². The summed E-state index contributed by atoms with van der Waals surface area (Å²) in [6.45, 7) is 3.18. The molecule has 5 heteroatoms. The molecule has 0 amide bonds. The molecule has 1 saturated heterocycles. The van der Waals surface area contributed by atoms with Crippen molar-refractivity contribution in [1.82, 2.24) is 10.2 Å². The van der Waals surface area contributed by atoms with Crippen LogP contribution < -0.4 is 10.1 Å². The first-order chi connectivity index (χ1) is 11.3. The summed E-state index contributed by atoms with van der Waals surface area (Å²) in [4.78, 5) is 6.98. The molecule has 1 saturated carbocycles. The second kappa shape index (κ2) is 7.93. The number of fused-ring (bicyclic) bond motifs is 2. The van der Waals surface area contributed by atoms with E-state index in [1.54, 1.807) is 0 Å². The van der Waals surface area contributed by atoms with Crippen LogP contribution in [0.2, 0.25) is 0 Å². The molecule has 1 aromatic carbocycles. The number of halogens is 1. The Morgan fingerprint density at radius 2 is 1.92 bits per heavy atom. The molecule has 3 atom stereocenters. The van der Waals surface area contributed by atoms with Crippen LogP contribution in [-0.4, -0.2) is 43.6 Å². The molecule has 4 nitrogen and oxygen atoms in total. The van der Waals surface area contributed by atoms with Gasteiger partial charge < -0.3 is 15.0 Å². The van der Waals surface area contributed by atoms with E-state index in [1.807, 2.05) is 13.1 Å². The molecule has 1 N–H and O–H groups in total. The number of guanidine groups is 1. The van der Waals surface area contributed by atoms with Gasteiger partial charge in [0.2, 0.25) is 0 Å². The van der Waals surface area contributed by atoms with Crippen LogP contribution in [0.4, 0.5) is 0 Å². The summed E-state index contributed by atoms with van der Waals surface area (Å²) in [6, 6.07) is 8.35. The predicted octanol–water partition coefficient (Wildman–Crippen LogP) is 3.31. The summed E-state index contributed by atoms with van der Waals surface area (Å²) < 4.78 is 6.02. The highest BCUT2D eigenvalue weighted by Gasteiger charge is 2.35. The van der Waals surface area contributed by atoms with Crippen molar-refractivity contribution < 1.29 is 4.74 Å². The minimum atomic E-state index is 0. The molecule has 3 aliphatic rings. The van der Waals surface area contributed by atoms with E-state index >= 15 is 0 Å². The van der Waals surface area contributed by atoms with E-state index in [1.165, 1.54) is 44.3 Å². The van der Waals surface area contributed by atoms with Crippen LogP contribution in [0.1, 0.15) is 31.2 Å². The third-order valence-corrected chi connectivity index (χ3v) is 5.69. The lowest BCUT2D eigenvalue weighted by Crippen LogP contribution is -2.44. The Morgan fingerprint density at radius 1 is 1.21 bits per heavy atom. The van der Waals surface area contributed by atoms with Crippen LogP contribution in [0, 0.1) is 11.8 Å². The molecule has 24 heavy (non-hydrogen) atoms. The van der Waals surface area contributed by atoms with Crippen molar-refractivity contribution in [3.05, 3.63) is 29.8 Å². The number of ether oxygens (including phenoxy) is 1. The number of nitrogens with one attached hydrogen (secondary N) is 1. The molecule has 4 rings (SSSR count). The second-order valence-electron chi connectivity index (χ2n) is 7.19. The van der Waals surface area contributed by atoms with Crippen molar-refractivity contribution >= 4 is 29.9 Å². The van der Waals surface area contributed by atoms with E-state index in [2.05, 4.69) is 33.4 Å². The van der Waals surface area contributed by atoms with Gasteiger partial charge in [0, 0.05) is 26.6 Å². The molecule has 0 aromatic heterocycles. The average Bonchev–Trinajstić information content (AvgIpc) is 3.18. The lowest BCUT2D eigenvalue weighted by molar-refractivity contribution is 0.233. The molecular weight excluding hydrogens is 413 g/mol. The SMILES string of the molecule is CN=C(NCC1Cc2ccccc2O1)N1CC2CCCCC2C1.I. The highest BCUT2D eigenvalue weighted by Crippen LogP contribution is 2.36. The zero-order valence-corrected chi connectivity index (χ0v) is 16.7. The Bertz CT molecular complexity index is 553. The Labute approximate surface area is 162 Å². The zero-order valence-electron chi connectivity index (χ0n) is 14.4. The number of aliphatic imine (C=N–C) groups is 1. The summed E-state index contributed by atoms with van der Waals surface area (Å²) >= 11 is 0. The van der Waals surface area contributed by atoms with E-state index in [4.69, 9.17) is 4.74 Å². The minimum absolute atomic E-state index is 0. The fraction of sp³-hybridized carbons (Fsp3) is 0.632. The first-order valence-corrected chi connectivity index (χ1v) is 9.03. The number of benzene rings is 1. The molecule has 3 unspecified atom stereocenters. The van der Waals surface area contributed by atoms with Crippen LogP contribution in [0.3, 0.4) is 0 Å². The fourth-order valence-electron chi connectivity index (χ4n) is 4.48. The van der Waals surface area contributed by atoms with Gasteiger partial charge in [-0.05, 0) is 36.3 Å². The van der Waals surface area contributed by atoms with Crippen molar-refractivity contribution in [3.8, 4) is 5.75 Å². The van der Waals surface area contributed by atoms with Gasteiger partial charge in [0.25, 0.3) is 0 Å². The monoisotopic (exact) mass is 441 g/mol. The molecule has 2 aliphatic heterocycles. The van der Waals surface area contributed by atoms with E-state index in [0.717, 1.165) is 36.5 Å². The van der Waals surface area contributed by atoms with Crippen molar-refractivity contribution in [1.29, 1.82) is 0 Å². The minimum Gasteiger partial charge on any atom is -0.488 e. The van der Waals surface area contributed by atoms with Gasteiger partial charge in [-0.15, -0.1) is 24.0 Å². The quantitative estimate of drug-likeness (QED) is 0.435. The molecule has 1 aliphatic carbocycles. The summed E-state index contributed by atoms with van der Waals surface area (Å²) in [7, 11) is 1.90. The highest BCUT2D eigenvalue weighted by molar-refractivity contribution is 14.0. The van der Waals surface area contributed by atoms with E-state index in [9.17, 15) is 0 Å². The zero-order chi connectivity index (χ0) is 15.6. The van der Waals surface area contributed by atoms with Gasteiger partial charge in [-0.1, -0.05) is 31.0 Å². The second-order valence-corrected chi connectivity index (χ2v) is 7.19. The highest BCUT2D eigenvalue weighted by atomic mass is 127. The molecule has 132 valence electrons. The number of nitrogens with zero attached hydrogens (tertiary/aromatic N) is 2. The lowest BCUT2D eigenvalue weighted by Gasteiger charge is -2.23. The Kier molecular flexibility index (Phi) is 5.89. The van der Waals surface area contributed by atoms with Gasteiger partial charge in [0.05, 0.1) is 6.54 Å². The van der Waals surface area contributed by atoms with Crippen molar-refractivity contribution in [2.75, 3.05) is 26.7 Å². The van der Waals surface area contributed by atoms with Gasteiger partial charge in [-0.3, -0.25) is 4.99 Å². The van der Waals surface area contributed by atoms with Crippen molar-refractivity contribution in [2.24, 2.45) is 16.8 Å². The van der Waals surface area contributed by atoms with Gasteiger partial charge in [-0.25, -0.2) is 0 Å². The fourth-order valence-corrected chi connectivity index (χ4v) is 4.48. The van der Waals surface area contributed by atoms with E-state index in [0.29, 0.717) is 0 Å². The van der Waals surface area contributed by atoms with Crippen molar-refractivity contribution in [2.45, 2.75) is 38.2 Å². The normalized spacial score (nSPS) is 28.6. The summed E-state index contributed by atoms with van der Waals surface area (Å²) in [5, 5.41) is 3.55. The van der Waals surface area contributed by atoms with Crippen LogP contribution in [0.15, 0.2) is 29.3 Å². The van der Waals surface area contributed by atoms with Crippen LogP contribution in [-0.2, 0) is 6.42 Å². The topological polar surface area (TPSA) is 36.9 Å². The van der Waals surface area contributed by atoms with Gasteiger partial charge in [0.15, 0.2) is 5.96 Å². The average molecular weight is 441 g/mol. The predicted molar refractivity (Wildman–Crippen MR) is 108 cm³/mol. The number of hydrogen-bond donors (Lipinski definition) is 1. The first kappa shape index (κ1) is 17.8. The number of likely N-dealkylation sites (tertiary alicyclic amines) is 1. The maximum atomic E-state index is 6.02. The molecule has 0 radical (unpaired) electrons. The molecule has 0 bridgehead atoms. The summed E-state index contributed by atoms with van der Waals surface area (Å²) in [5.41, 5.74) is 1.32. The van der Waals surface area contributed by atoms with E-state index < -0.39 is 0 Å². The Morgan fingerprint density at radius 3 is 2.58 bits per heavy atom. The summed E-state index contributed by atoms with van der Waals surface area (Å²) in [5.74, 6) is 3.86. The van der Waals surface area contributed by atoms with E-state index in [-0.39, 0.29) is 30.1 Å². The molecular formula is C19H28IN3O. The smallest absolute Gasteiger partial charge is 0.193 e. The van der Waals surface area contributed by atoms with Gasteiger partial charge in [-0.2, -0.15) is 0 Å². The number of hydrogen-bond acceptors (Lipinski definition) is 2.